The summed E-state index contributed by atoms with van der Waals surface area (Å²) in [6.07, 6.45) is 1.64. The molecule has 3 aromatic rings. The first kappa shape index (κ1) is 22.2. The van der Waals surface area contributed by atoms with E-state index >= 15 is 0 Å². The van der Waals surface area contributed by atoms with E-state index in [-0.39, 0.29) is 23.6 Å². The van der Waals surface area contributed by atoms with E-state index in [1.165, 1.54) is 17.3 Å². The van der Waals surface area contributed by atoms with Crippen molar-refractivity contribution in [2.45, 2.75) is 51.7 Å². The van der Waals surface area contributed by atoms with Crippen molar-refractivity contribution in [2.75, 3.05) is 5.75 Å². The Morgan fingerprint density at radius 3 is 2.33 bits per heavy atom. The molecule has 2 heterocycles. The van der Waals surface area contributed by atoms with E-state index in [1.54, 1.807) is 6.26 Å². The molecule has 30 heavy (non-hydrogen) atoms. The summed E-state index contributed by atoms with van der Waals surface area (Å²) in [5.41, 5.74) is 3.34. The third kappa shape index (κ3) is 4.95. The van der Waals surface area contributed by atoms with Gasteiger partial charge in [0.1, 0.15) is 5.76 Å². The average Bonchev–Trinajstić information content (AvgIpc) is 3.29. The van der Waals surface area contributed by atoms with Crippen LogP contribution in [-0.4, -0.2) is 26.4 Å². The maximum atomic E-state index is 12.7. The van der Waals surface area contributed by atoms with Crippen molar-refractivity contribution in [2.24, 2.45) is 13.0 Å². The van der Waals surface area contributed by atoms with Crippen LogP contribution in [0.4, 0.5) is 0 Å². The zero-order valence-corrected chi connectivity index (χ0v) is 19.3. The van der Waals surface area contributed by atoms with E-state index < -0.39 is 0 Å². The fourth-order valence-corrected chi connectivity index (χ4v) is 4.08. The second-order valence-corrected chi connectivity index (χ2v) is 9.10. The monoisotopic (exact) mass is 426 g/mol. The van der Waals surface area contributed by atoms with Crippen molar-refractivity contribution >= 4 is 17.7 Å². The van der Waals surface area contributed by atoms with Crippen LogP contribution < -0.4 is 5.32 Å². The smallest absolute Gasteiger partial charge is 0.230 e. The van der Waals surface area contributed by atoms with Crippen molar-refractivity contribution in [3.63, 3.8) is 0 Å². The largest absolute Gasteiger partial charge is 0.469 e. The highest BCUT2D eigenvalue weighted by Crippen LogP contribution is 2.27. The molecule has 0 saturated heterocycles. The number of carbonyl (C=O) groups excluding carboxylic acids is 1. The number of benzene rings is 1. The van der Waals surface area contributed by atoms with Gasteiger partial charge in [0.25, 0.3) is 0 Å². The molecule has 0 aliphatic rings. The third-order valence-electron chi connectivity index (χ3n) is 5.21. The topological polar surface area (TPSA) is 72.9 Å². The fraction of sp³-hybridized carbons (Fsp3) is 0.435. The normalized spacial score (nSPS) is 12.5. The first-order valence-corrected chi connectivity index (χ1v) is 11.2. The number of carbonyl (C=O) groups is 1. The van der Waals surface area contributed by atoms with E-state index in [4.69, 9.17) is 4.42 Å². The summed E-state index contributed by atoms with van der Waals surface area (Å²) >= 11 is 1.38. The van der Waals surface area contributed by atoms with Crippen LogP contribution in [-0.2, 0) is 11.8 Å². The maximum Gasteiger partial charge on any atom is 0.230 e. The van der Waals surface area contributed by atoms with E-state index in [0.29, 0.717) is 11.1 Å². The van der Waals surface area contributed by atoms with Gasteiger partial charge in [-0.3, -0.25) is 4.79 Å². The molecule has 1 N–H and O–H groups in total. The molecular weight excluding hydrogens is 396 g/mol. The molecule has 0 aliphatic carbocycles. The lowest BCUT2D eigenvalue weighted by molar-refractivity contribution is -0.119. The van der Waals surface area contributed by atoms with Gasteiger partial charge in [-0.25, -0.2) is 0 Å². The summed E-state index contributed by atoms with van der Waals surface area (Å²) in [5, 5.41) is 12.4. The van der Waals surface area contributed by atoms with Crippen LogP contribution >= 0.6 is 11.8 Å². The third-order valence-corrected chi connectivity index (χ3v) is 6.23. The Labute approximate surface area is 182 Å². The van der Waals surface area contributed by atoms with Gasteiger partial charge in [-0.05, 0) is 36.0 Å². The van der Waals surface area contributed by atoms with Crippen LogP contribution in [0, 0.1) is 12.8 Å². The molecule has 1 atom stereocenters. The van der Waals surface area contributed by atoms with E-state index in [0.717, 1.165) is 22.7 Å². The number of aryl methyl sites for hydroxylation is 1. The molecule has 7 heteroatoms. The van der Waals surface area contributed by atoms with Gasteiger partial charge in [0.05, 0.1) is 23.6 Å². The molecule has 0 bridgehead atoms. The molecule has 0 unspecified atom stereocenters. The lowest BCUT2D eigenvalue weighted by atomic mass is 9.93. The zero-order chi connectivity index (χ0) is 21.8. The van der Waals surface area contributed by atoms with Crippen molar-refractivity contribution < 1.29 is 9.21 Å². The minimum absolute atomic E-state index is 0.0179. The van der Waals surface area contributed by atoms with Crippen molar-refractivity contribution in [3.05, 3.63) is 53.5 Å². The van der Waals surface area contributed by atoms with E-state index in [1.807, 2.05) is 24.6 Å². The Morgan fingerprint density at radius 1 is 1.10 bits per heavy atom. The summed E-state index contributed by atoms with van der Waals surface area (Å²) in [6, 6.07) is 10.4. The lowest BCUT2D eigenvalue weighted by Gasteiger charge is -2.23. The molecule has 0 spiro atoms. The van der Waals surface area contributed by atoms with Gasteiger partial charge in [-0.2, -0.15) is 0 Å². The minimum atomic E-state index is -0.0250. The van der Waals surface area contributed by atoms with Crippen molar-refractivity contribution in [1.29, 1.82) is 0 Å². The lowest BCUT2D eigenvalue weighted by Crippen LogP contribution is -2.33. The fourth-order valence-electron chi connectivity index (χ4n) is 3.36. The Balaban J connectivity index is 1.64. The van der Waals surface area contributed by atoms with Crippen molar-refractivity contribution in [1.82, 2.24) is 20.1 Å². The molecule has 1 amide bonds. The standard InChI is InChI=1S/C23H30N4O2S/c1-14(2)17-7-9-18(10-8-17)21(15(3)4)24-20(28)13-30-23-26-25-22(27(23)6)19-11-12-29-16(19)5/h7-12,14-15,21H,13H2,1-6H3,(H,24,28)/t21-/m1/s1. The molecule has 1 aromatic carbocycles. The SMILES string of the molecule is Cc1occc1-c1nnc(SCC(=O)N[C@@H](c2ccc(C(C)C)cc2)C(C)C)n1C. The number of furan rings is 1. The molecule has 0 fully saturated rings. The molecular formula is C23H30N4O2S. The number of nitrogens with zero attached hydrogens (tertiary/aromatic N) is 3. The van der Waals surface area contributed by atoms with Crippen LogP contribution in [0.5, 0.6) is 0 Å². The van der Waals surface area contributed by atoms with Gasteiger partial charge in [0, 0.05) is 7.05 Å². The highest BCUT2D eigenvalue weighted by molar-refractivity contribution is 7.99. The van der Waals surface area contributed by atoms with Gasteiger partial charge in [-0.15, -0.1) is 10.2 Å². The Kier molecular flexibility index (Phi) is 7.02. The molecule has 160 valence electrons. The van der Waals surface area contributed by atoms with Gasteiger partial charge < -0.3 is 14.3 Å². The van der Waals surface area contributed by atoms with Crippen LogP contribution in [0.1, 0.15) is 56.5 Å². The molecule has 3 rings (SSSR count). The molecule has 2 aromatic heterocycles. The predicted molar refractivity (Wildman–Crippen MR) is 120 cm³/mol. The van der Waals surface area contributed by atoms with Gasteiger partial charge in [0.2, 0.25) is 5.91 Å². The number of amides is 1. The molecule has 0 radical (unpaired) electrons. The van der Waals surface area contributed by atoms with Crippen LogP contribution in [0.25, 0.3) is 11.4 Å². The average molecular weight is 427 g/mol. The number of hydrogen-bond donors (Lipinski definition) is 1. The van der Waals surface area contributed by atoms with Crippen LogP contribution in [0.2, 0.25) is 0 Å². The minimum Gasteiger partial charge on any atom is -0.469 e. The Morgan fingerprint density at radius 2 is 1.77 bits per heavy atom. The Bertz CT molecular complexity index is 989. The van der Waals surface area contributed by atoms with Gasteiger partial charge in [-0.1, -0.05) is 63.7 Å². The van der Waals surface area contributed by atoms with Crippen LogP contribution in [0.15, 0.2) is 46.2 Å². The number of rotatable bonds is 8. The van der Waals surface area contributed by atoms with Gasteiger partial charge >= 0.3 is 0 Å². The highest BCUT2D eigenvalue weighted by Gasteiger charge is 2.20. The number of aromatic nitrogens is 3. The summed E-state index contributed by atoms with van der Waals surface area (Å²) in [6.45, 7) is 10.5. The summed E-state index contributed by atoms with van der Waals surface area (Å²) in [7, 11) is 1.90. The predicted octanol–water partition coefficient (Wildman–Crippen LogP) is 5.11. The van der Waals surface area contributed by atoms with Gasteiger partial charge in [0.15, 0.2) is 11.0 Å². The second-order valence-electron chi connectivity index (χ2n) is 8.15. The molecule has 0 saturated carbocycles. The van der Waals surface area contributed by atoms with E-state index in [2.05, 4.69) is 67.5 Å². The number of thioether (sulfide) groups is 1. The van der Waals surface area contributed by atoms with E-state index in [9.17, 15) is 4.79 Å². The first-order chi connectivity index (χ1) is 14.3. The zero-order valence-electron chi connectivity index (χ0n) is 18.5. The number of nitrogens with one attached hydrogen (secondary N) is 1. The summed E-state index contributed by atoms with van der Waals surface area (Å²) in [5.74, 6) is 2.57. The molecule has 6 nitrogen and oxygen atoms in total. The van der Waals surface area contributed by atoms with Crippen molar-refractivity contribution in [3.8, 4) is 11.4 Å². The second kappa shape index (κ2) is 9.51. The highest BCUT2D eigenvalue weighted by atomic mass is 32.2. The molecule has 0 aliphatic heterocycles. The van der Waals surface area contributed by atoms with Crippen LogP contribution in [0.3, 0.4) is 0 Å². The quantitative estimate of drug-likeness (QED) is 0.507. The first-order valence-electron chi connectivity index (χ1n) is 10.2. The Hall–Kier alpha value is -2.54. The maximum absolute atomic E-state index is 12.7. The summed E-state index contributed by atoms with van der Waals surface area (Å²) in [4.78, 5) is 12.7. The number of hydrogen-bond acceptors (Lipinski definition) is 5. The summed E-state index contributed by atoms with van der Waals surface area (Å²) < 4.78 is 7.25.